The number of likely N-dealkylation sites (tertiary alicyclic amines) is 1. The lowest BCUT2D eigenvalue weighted by Crippen LogP contribution is -2.44. The Morgan fingerprint density at radius 3 is 2.75 bits per heavy atom. The summed E-state index contributed by atoms with van der Waals surface area (Å²) in [6.07, 6.45) is 5.24. The van der Waals surface area contributed by atoms with Gasteiger partial charge in [-0.15, -0.1) is 0 Å². The number of halogens is 1. The van der Waals surface area contributed by atoms with Gasteiger partial charge in [-0.1, -0.05) is 0 Å². The zero-order valence-corrected chi connectivity index (χ0v) is 18.5. The first-order chi connectivity index (χ1) is 13.5. The lowest BCUT2D eigenvalue weighted by atomic mass is 10.0. The number of aromatic nitrogens is 1. The molecule has 2 aromatic rings. The van der Waals surface area contributed by atoms with Crippen molar-refractivity contribution in [2.45, 2.75) is 39.3 Å². The normalized spacial score (nSPS) is 15.4. The molecule has 1 aliphatic heterocycles. The second-order valence-electron chi connectivity index (χ2n) is 7.21. The van der Waals surface area contributed by atoms with Gasteiger partial charge in [-0.2, -0.15) is 0 Å². The first-order valence-corrected chi connectivity index (χ1v) is 10.7. The van der Waals surface area contributed by atoms with Gasteiger partial charge in [-0.3, -0.25) is 14.7 Å². The summed E-state index contributed by atoms with van der Waals surface area (Å²) in [7, 11) is 0. The molecule has 1 aliphatic rings. The molecule has 0 atom stereocenters. The van der Waals surface area contributed by atoms with Crippen LogP contribution < -0.4 is 15.8 Å². The molecule has 150 valence electrons. The number of carbonyl (C=O) groups is 1. The largest absolute Gasteiger partial charge is 0.493 e. The third-order valence-electron chi connectivity index (χ3n) is 4.89. The number of ether oxygens (including phenoxy) is 1. The summed E-state index contributed by atoms with van der Waals surface area (Å²) in [5.74, 6) is 0.813. The van der Waals surface area contributed by atoms with Crippen molar-refractivity contribution in [2.75, 3.05) is 25.4 Å². The molecule has 3 N–H and O–H groups in total. The topological polar surface area (TPSA) is 80.5 Å². The molecule has 6 nitrogen and oxygen atoms in total. The van der Waals surface area contributed by atoms with Gasteiger partial charge in [0.05, 0.1) is 15.7 Å². The Morgan fingerprint density at radius 1 is 1.32 bits per heavy atom. The number of amides is 1. The molecule has 1 fully saturated rings. The average Bonchev–Trinajstić information content (AvgIpc) is 2.67. The number of nitrogens with one attached hydrogen (secondary N) is 1. The fraction of sp³-hybridized carbons (Fsp3) is 0.429. The number of nitrogens with zero attached hydrogens (tertiary/aromatic N) is 2. The van der Waals surface area contributed by atoms with Crippen molar-refractivity contribution in [1.29, 1.82) is 0 Å². The standard InChI is InChI=1S/C21H27IN4O2/c1-3-28-19-10-15(9-18(23)20(19)22)13-26-6-4-17(5-7-26)25-21(27)16-8-14(2)11-24-12-16/h8-12,17H,3-7,13,23H2,1-2H3,(H,25,27). The van der Waals surface area contributed by atoms with E-state index in [4.69, 9.17) is 10.5 Å². The van der Waals surface area contributed by atoms with Crippen LogP contribution in [0.3, 0.4) is 0 Å². The third-order valence-corrected chi connectivity index (χ3v) is 6.05. The van der Waals surface area contributed by atoms with Gasteiger partial charge in [0, 0.05) is 43.8 Å². The van der Waals surface area contributed by atoms with Crippen LogP contribution in [0.15, 0.2) is 30.6 Å². The number of pyridine rings is 1. The van der Waals surface area contributed by atoms with Gasteiger partial charge in [0.1, 0.15) is 5.75 Å². The van der Waals surface area contributed by atoms with Crippen LogP contribution in [-0.2, 0) is 6.54 Å². The number of hydrogen-bond donors (Lipinski definition) is 2. The van der Waals surface area contributed by atoms with Gasteiger partial charge >= 0.3 is 0 Å². The van der Waals surface area contributed by atoms with E-state index in [0.29, 0.717) is 12.2 Å². The fourth-order valence-electron chi connectivity index (χ4n) is 3.47. The summed E-state index contributed by atoms with van der Waals surface area (Å²) >= 11 is 2.23. The first kappa shape index (κ1) is 20.9. The van der Waals surface area contributed by atoms with Crippen molar-refractivity contribution < 1.29 is 9.53 Å². The van der Waals surface area contributed by atoms with Crippen molar-refractivity contribution >= 4 is 34.2 Å². The van der Waals surface area contributed by atoms with Crippen molar-refractivity contribution in [2.24, 2.45) is 0 Å². The van der Waals surface area contributed by atoms with E-state index in [2.05, 4.69) is 43.9 Å². The zero-order chi connectivity index (χ0) is 20.1. The second-order valence-corrected chi connectivity index (χ2v) is 8.28. The molecule has 0 radical (unpaired) electrons. The molecule has 1 aromatic carbocycles. The van der Waals surface area contributed by atoms with Crippen molar-refractivity contribution in [3.05, 3.63) is 50.9 Å². The number of rotatable bonds is 6. The Morgan fingerprint density at radius 2 is 2.07 bits per heavy atom. The predicted octanol–water partition coefficient (Wildman–Crippen LogP) is 3.37. The Balaban J connectivity index is 1.54. The first-order valence-electron chi connectivity index (χ1n) is 9.61. The summed E-state index contributed by atoms with van der Waals surface area (Å²) in [6, 6.07) is 6.18. The molecule has 1 saturated heterocycles. The van der Waals surface area contributed by atoms with E-state index < -0.39 is 0 Å². The Labute approximate surface area is 180 Å². The van der Waals surface area contributed by atoms with Crippen molar-refractivity contribution in [3.8, 4) is 5.75 Å². The monoisotopic (exact) mass is 494 g/mol. The van der Waals surface area contributed by atoms with Crippen molar-refractivity contribution in [1.82, 2.24) is 15.2 Å². The lowest BCUT2D eigenvalue weighted by molar-refractivity contribution is 0.0908. The number of nitrogen functional groups attached to an aromatic ring is 1. The highest BCUT2D eigenvalue weighted by Gasteiger charge is 2.22. The van der Waals surface area contributed by atoms with Crippen LogP contribution in [-0.4, -0.2) is 41.5 Å². The van der Waals surface area contributed by atoms with E-state index >= 15 is 0 Å². The highest BCUT2D eigenvalue weighted by molar-refractivity contribution is 14.1. The van der Waals surface area contributed by atoms with E-state index in [1.165, 1.54) is 0 Å². The van der Waals surface area contributed by atoms with Gasteiger partial charge in [0.25, 0.3) is 5.91 Å². The molecule has 2 heterocycles. The van der Waals surface area contributed by atoms with Crippen LogP contribution in [0.2, 0.25) is 0 Å². The smallest absolute Gasteiger partial charge is 0.253 e. The summed E-state index contributed by atoms with van der Waals surface area (Å²) in [5.41, 5.74) is 9.68. The highest BCUT2D eigenvalue weighted by atomic mass is 127. The maximum Gasteiger partial charge on any atom is 0.253 e. The van der Waals surface area contributed by atoms with E-state index in [1.807, 2.05) is 26.0 Å². The van der Waals surface area contributed by atoms with E-state index in [0.717, 1.165) is 58.6 Å². The molecule has 0 unspecified atom stereocenters. The van der Waals surface area contributed by atoms with Crippen LogP contribution in [0.25, 0.3) is 0 Å². The Kier molecular flexibility index (Phi) is 7.12. The van der Waals surface area contributed by atoms with E-state index in [1.54, 1.807) is 12.4 Å². The summed E-state index contributed by atoms with van der Waals surface area (Å²) < 4.78 is 6.67. The number of hydrogen-bond acceptors (Lipinski definition) is 5. The molecule has 1 aromatic heterocycles. The minimum atomic E-state index is -0.0404. The highest BCUT2D eigenvalue weighted by Crippen LogP contribution is 2.29. The molecule has 3 rings (SSSR count). The van der Waals surface area contributed by atoms with Gasteiger partial charge in [-0.25, -0.2) is 0 Å². The van der Waals surface area contributed by atoms with Crippen molar-refractivity contribution in [3.63, 3.8) is 0 Å². The maximum absolute atomic E-state index is 12.4. The second kappa shape index (κ2) is 9.56. The quantitative estimate of drug-likeness (QED) is 0.476. The van der Waals surface area contributed by atoms with E-state index in [-0.39, 0.29) is 11.9 Å². The molecule has 0 saturated carbocycles. The van der Waals surface area contributed by atoms with Crippen LogP contribution in [0.5, 0.6) is 5.75 Å². The third kappa shape index (κ3) is 5.35. The molecular formula is C21H27IN4O2. The predicted molar refractivity (Wildman–Crippen MR) is 119 cm³/mol. The molecule has 28 heavy (non-hydrogen) atoms. The van der Waals surface area contributed by atoms with Gasteiger partial charge in [-0.05, 0) is 78.6 Å². The average molecular weight is 494 g/mol. The lowest BCUT2D eigenvalue weighted by Gasteiger charge is -2.32. The number of benzene rings is 1. The van der Waals surface area contributed by atoms with Crippen LogP contribution >= 0.6 is 22.6 Å². The Hall–Kier alpha value is -1.87. The maximum atomic E-state index is 12.4. The van der Waals surface area contributed by atoms with E-state index in [9.17, 15) is 4.79 Å². The van der Waals surface area contributed by atoms with Gasteiger partial charge < -0.3 is 15.8 Å². The number of piperidine rings is 1. The van der Waals surface area contributed by atoms with Crippen LogP contribution in [0.1, 0.15) is 41.3 Å². The molecule has 1 amide bonds. The number of anilines is 1. The van der Waals surface area contributed by atoms with Crippen LogP contribution in [0.4, 0.5) is 5.69 Å². The Bertz CT molecular complexity index is 835. The number of carbonyl (C=O) groups excluding carboxylic acids is 1. The minimum absolute atomic E-state index is 0.0404. The summed E-state index contributed by atoms with van der Waals surface area (Å²) in [4.78, 5) is 18.9. The molecule has 0 spiro atoms. The number of nitrogens with two attached hydrogens (primary N) is 1. The SMILES string of the molecule is CCOc1cc(CN2CCC(NC(=O)c3cncc(C)c3)CC2)cc(N)c1I. The summed E-state index contributed by atoms with van der Waals surface area (Å²) in [5, 5.41) is 3.14. The molecule has 0 bridgehead atoms. The van der Waals surface area contributed by atoms with Gasteiger partial charge in [0.2, 0.25) is 0 Å². The van der Waals surface area contributed by atoms with Gasteiger partial charge in [0.15, 0.2) is 0 Å². The molecule has 7 heteroatoms. The summed E-state index contributed by atoms with van der Waals surface area (Å²) in [6.45, 7) is 7.26. The zero-order valence-electron chi connectivity index (χ0n) is 16.4. The molecule has 0 aliphatic carbocycles. The van der Waals surface area contributed by atoms with Crippen LogP contribution in [0, 0.1) is 10.5 Å². The molecular weight excluding hydrogens is 467 g/mol. The fourth-order valence-corrected chi connectivity index (χ4v) is 3.94. The minimum Gasteiger partial charge on any atom is -0.493 e. The number of aryl methyl sites for hydroxylation is 1.